The lowest BCUT2D eigenvalue weighted by Gasteiger charge is -2.17. The molecule has 0 bridgehead atoms. The molecule has 0 saturated heterocycles. The number of rotatable bonds is 10. The van der Waals surface area contributed by atoms with Gasteiger partial charge in [-0.2, -0.15) is 0 Å². The van der Waals surface area contributed by atoms with E-state index in [0.717, 1.165) is 19.0 Å². The van der Waals surface area contributed by atoms with E-state index in [2.05, 4.69) is 65.2 Å². The Morgan fingerprint density at radius 3 is 2.74 bits per heavy atom. The molecule has 1 aromatic carbocycles. The van der Waals surface area contributed by atoms with Gasteiger partial charge >= 0.3 is 0 Å². The van der Waals surface area contributed by atoms with Crippen LogP contribution in [0, 0.1) is 0 Å². The molecule has 27 heavy (non-hydrogen) atoms. The molecule has 2 N–H and O–H groups in total. The van der Waals surface area contributed by atoms with E-state index in [-0.39, 0.29) is 24.0 Å². The minimum atomic E-state index is 0. The molecule has 0 amide bonds. The van der Waals surface area contributed by atoms with E-state index in [0.29, 0.717) is 12.6 Å². The van der Waals surface area contributed by atoms with Crippen LogP contribution in [-0.2, 0) is 13.1 Å². The van der Waals surface area contributed by atoms with Gasteiger partial charge in [0.2, 0.25) is 0 Å². The second-order valence-electron chi connectivity index (χ2n) is 6.79. The average Bonchev–Trinajstić information content (AvgIpc) is 3.13. The molecule has 1 aromatic heterocycles. The van der Waals surface area contributed by atoms with Gasteiger partial charge in [-0.15, -0.1) is 24.0 Å². The molecule has 150 valence electrons. The lowest BCUT2D eigenvalue weighted by molar-refractivity contribution is 0.547. The van der Waals surface area contributed by atoms with Gasteiger partial charge in [0.25, 0.3) is 0 Å². The first-order valence-corrected chi connectivity index (χ1v) is 9.79. The summed E-state index contributed by atoms with van der Waals surface area (Å²) in [4.78, 5) is 8.86. The van der Waals surface area contributed by atoms with Gasteiger partial charge in [0.05, 0.1) is 12.9 Å². The monoisotopic (exact) mass is 483 g/mol. The fraction of sp³-hybridized carbons (Fsp3) is 0.524. The van der Waals surface area contributed by atoms with Crippen molar-refractivity contribution in [3.05, 3.63) is 54.1 Å². The van der Waals surface area contributed by atoms with Gasteiger partial charge in [0.1, 0.15) is 0 Å². The molecule has 1 unspecified atom stereocenters. The molecule has 6 heteroatoms. The minimum absolute atomic E-state index is 0. The minimum Gasteiger partial charge on any atom is -0.357 e. The molecule has 0 aliphatic heterocycles. The summed E-state index contributed by atoms with van der Waals surface area (Å²) in [5, 5.41) is 6.88. The molecule has 5 nitrogen and oxygen atoms in total. The Morgan fingerprint density at radius 2 is 2.04 bits per heavy atom. The number of hydrogen-bond donors (Lipinski definition) is 2. The third-order valence-corrected chi connectivity index (χ3v) is 4.30. The van der Waals surface area contributed by atoms with E-state index >= 15 is 0 Å². The summed E-state index contributed by atoms with van der Waals surface area (Å²) in [6, 6.07) is 9.04. The van der Waals surface area contributed by atoms with Crippen LogP contribution in [0.4, 0.5) is 0 Å². The van der Waals surface area contributed by atoms with Crippen molar-refractivity contribution in [2.24, 2.45) is 4.99 Å². The van der Waals surface area contributed by atoms with E-state index in [1.54, 1.807) is 0 Å². The Kier molecular flexibility index (Phi) is 11.8. The number of halogens is 1. The van der Waals surface area contributed by atoms with Crippen LogP contribution in [0.25, 0.3) is 0 Å². The summed E-state index contributed by atoms with van der Waals surface area (Å²) in [7, 11) is 0. The number of aliphatic imine (C=N–C) groups is 1. The van der Waals surface area contributed by atoms with Crippen molar-refractivity contribution in [3.8, 4) is 0 Å². The van der Waals surface area contributed by atoms with Gasteiger partial charge < -0.3 is 15.2 Å². The summed E-state index contributed by atoms with van der Waals surface area (Å²) in [5.74, 6) is 0.900. The van der Waals surface area contributed by atoms with Gasteiger partial charge in [0.15, 0.2) is 5.96 Å². The third kappa shape index (κ3) is 9.26. The number of guanidine groups is 1. The lowest BCUT2D eigenvalue weighted by atomic mass is 10.1. The van der Waals surface area contributed by atoms with E-state index in [1.165, 1.54) is 36.8 Å². The topological polar surface area (TPSA) is 54.2 Å². The third-order valence-electron chi connectivity index (χ3n) is 4.30. The molecule has 0 aliphatic rings. The van der Waals surface area contributed by atoms with Crippen molar-refractivity contribution >= 4 is 29.9 Å². The molecule has 0 fully saturated rings. The van der Waals surface area contributed by atoms with Crippen LogP contribution in [0.3, 0.4) is 0 Å². The Morgan fingerprint density at radius 1 is 1.22 bits per heavy atom. The predicted octanol–water partition coefficient (Wildman–Crippen LogP) is 4.57. The molecular formula is C21H34IN5. The number of nitrogens with one attached hydrogen (secondary N) is 2. The van der Waals surface area contributed by atoms with Gasteiger partial charge in [-0.05, 0) is 31.4 Å². The predicted molar refractivity (Wildman–Crippen MR) is 125 cm³/mol. The highest BCUT2D eigenvalue weighted by Crippen LogP contribution is 2.09. The molecule has 2 rings (SSSR count). The molecule has 1 atom stereocenters. The van der Waals surface area contributed by atoms with Crippen molar-refractivity contribution in [1.82, 2.24) is 20.2 Å². The van der Waals surface area contributed by atoms with Crippen LogP contribution < -0.4 is 10.6 Å². The molecular weight excluding hydrogens is 449 g/mol. The molecule has 1 heterocycles. The normalized spacial score (nSPS) is 12.3. The average molecular weight is 483 g/mol. The number of nitrogens with zero attached hydrogens (tertiary/aromatic N) is 3. The fourth-order valence-corrected chi connectivity index (χ4v) is 2.91. The first-order chi connectivity index (χ1) is 12.7. The number of aromatic nitrogens is 2. The summed E-state index contributed by atoms with van der Waals surface area (Å²) in [6.45, 7) is 8.96. The van der Waals surface area contributed by atoms with E-state index in [9.17, 15) is 0 Å². The van der Waals surface area contributed by atoms with Crippen LogP contribution in [0.15, 0.2) is 48.0 Å². The first kappa shape index (κ1) is 23.5. The SMILES string of the molecule is CCCCCC(C)NC(=NCc1cccc(Cn2ccnc2)c1)NCC.I. The van der Waals surface area contributed by atoms with Gasteiger partial charge in [-0.1, -0.05) is 50.5 Å². The number of benzene rings is 1. The van der Waals surface area contributed by atoms with Crippen LogP contribution in [0.1, 0.15) is 57.6 Å². The highest BCUT2D eigenvalue weighted by Gasteiger charge is 2.05. The lowest BCUT2D eigenvalue weighted by Crippen LogP contribution is -2.42. The van der Waals surface area contributed by atoms with Crippen molar-refractivity contribution in [2.75, 3.05) is 6.54 Å². The van der Waals surface area contributed by atoms with Crippen LogP contribution in [0.5, 0.6) is 0 Å². The molecule has 0 radical (unpaired) electrons. The van der Waals surface area contributed by atoms with E-state index < -0.39 is 0 Å². The highest BCUT2D eigenvalue weighted by atomic mass is 127. The Labute approximate surface area is 181 Å². The van der Waals surface area contributed by atoms with E-state index in [1.807, 2.05) is 18.7 Å². The Hall–Kier alpha value is -1.57. The zero-order valence-corrected chi connectivity index (χ0v) is 19.1. The first-order valence-electron chi connectivity index (χ1n) is 9.79. The largest absolute Gasteiger partial charge is 0.357 e. The van der Waals surface area contributed by atoms with Gasteiger partial charge in [0, 0.05) is 31.5 Å². The summed E-state index contributed by atoms with van der Waals surface area (Å²) in [5.41, 5.74) is 2.49. The molecule has 0 saturated carbocycles. The number of unbranched alkanes of at least 4 members (excludes halogenated alkanes) is 2. The van der Waals surface area contributed by atoms with Crippen molar-refractivity contribution in [1.29, 1.82) is 0 Å². The molecule has 0 aliphatic carbocycles. The second-order valence-corrected chi connectivity index (χ2v) is 6.79. The molecule has 0 spiro atoms. The summed E-state index contributed by atoms with van der Waals surface area (Å²) >= 11 is 0. The van der Waals surface area contributed by atoms with Gasteiger partial charge in [-0.3, -0.25) is 0 Å². The van der Waals surface area contributed by atoms with Crippen LogP contribution in [0.2, 0.25) is 0 Å². The zero-order valence-electron chi connectivity index (χ0n) is 16.8. The van der Waals surface area contributed by atoms with Crippen LogP contribution >= 0.6 is 24.0 Å². The van der Waals surface area contributed by atoms with Gasteiger partial charge in [-0.25, -0.2) is 9.98 Å². The zero-order chi connectivity index (χ0) is 18.6. The smallest absolute Gasteiger partial charge is 0.191 e. The summed E-state index contributed by atoms with van der Waals surface area (Å²) in [6.07, 6.45) is 10.6. The maximum absolute atomic E-state index is 4.77. The summed E-state index contributed by atoms with van der Waals surface area (Å²) < 4.78 is 2.08. The van der Waals surface area contributed by atoms with E-state index in [4.69, 9.17) is 4.99 Å². The molecule has 2 aromatic rings. The van der Waals surface area contributed by atoms with Crippen molar-refractivity contribution in [2.45, 2.75) is 65.6 Å². The highest BCUT2D eigenvalue weighted by molar-refractivity contribution is 14.0. The number of hydrogen-bond acceptors (Lipinski definition) is 2. The Bertz CT molecular complexity index is 654. The fourth-order valence-electron chi connectivity index (χ4n) is 2.91. The van der Waals surface area contributed by atoms with Crippen molar-refractivity contribution < 1.29 is 0 Å². The maximum atomic E-state index is 4.77. The van der Waals surface area contributed by atoms with Crippen LogP contribution in [-0.4, -0.2) is 28.1 Å². The Balaban J connectivity index is 0.00000364. The second kappa shape index (κ2) is 13.6. The quantitative estimate of drug-likeness (QED) is 0.225. The van der Waals surface area contributed by atoms with Crippen molar-refractivity contribution in [3.63, 3.8) is 0 Å². The number of imidazole rings is 1. The standard InChI is InChI=1S/C21H33N5.HI/c1-4-6-7-9-18(3)25-21(23-5-2)24-15-19-10-8-11-20(14-19)16-26-13-12-22-17-26;/h8,10-14,17-18H,4-7,9,15-16H2,1-3H3,(H2,23,24,25);1H. The maximum Gasteiger partial charge on any atom is 0.191 e.